The van der Waals surface area contributed by atoms with Gasteiger partial charge in [-0.15, -0.1) is 0 Å². The van der Waals surface area contributed by atoms with Crippen LogP contribution < -0.4 is 0 Å². The van der Waals surface area contributed by atoms with Crippen molar-refractivity contribution in [2.24, 2.45) is 0 Å². The fourth-order valence-corrected chi connectivity index (χ4v) is 2.63. The maximum absolute atomic E-state index is 9.93. The van der Waals surface area contributed by atoms with E-state index in [1.807, 2.05) is 18.2 Å². The van der Waals surface area contributed by atoms with E-state index in [1.165, 1.54) is 0 Å². The molecule has 4 nitrogen and oxygen atoms in total. The average Bonchev–Trinajstić information content (AvgIpc) is 2.45. The van der Waals surface area contributed by atoms with E-state index < -0.39 is 0 Å². The normalized spacial score (nSPS) is 19.5. The number of hydrogen-bond donors (Lipinski definition) is 1. The van der Waals surface area contributed by atoms with Gasteiger partial charge in [0.1, 0.15) is 5.75 Å². The highest BCUT2D eigenvalue weighted by Gasteiger charge is 2.23. The zero-order valence-corrected chi connectivity index (χ0v) is 11.9. The van der Waals surface area contributed by atoms with Crippen LogP contribution in [0.3, 0.4) is 0 Å². The van der Waals surface area contributed by atoms with E-state index >= 15 is 0 Å². The van der Waals surface area contributed by atoms with Crippen LogP contribution in [0.2, 0.25) is 0 Å². The first-order valence-corrected chi connectivity index (χ1v) is 6.95. The molecule has 19 heavy (non-hydrogen) atoms. The number of para-hydroxylation sites is 1. The van der Waals surface area contributed by atoms with Gasteiger partial charge in [0.2, 0.25) is 0 Å². The van der Waals surface area contributed by atoms with Crippen LogP contribution in [-0.2, 0) is 4.74 Å². The van der Waals surface area contributed by atoms with Gasteiger partial charge in [0.15, 0.2) is 0 Å². The highest BCUT2D eigenvalue weighted by Crippen LogP contribution is 2.28. The zero-order chi connectivity index (χ0) is 13.7. The Bertz CT molecular complexity index is 389. The van der Waals surface area contributed by atoms with Crippen molar-refractivity contribution in [2.45, 2.75) is 13.0 Å². The molecule has 0 spiro atoms. The van der Waals surface area contributed by atoms with Crippen LogP contribution in [0.15, 0.2) is 24.3 Å². The molecule has 2 rings (SSSR count). The van der Waals surface area contributed by atoms with Crippen molar-refractivity contribution in [1.29, 1.82) is 0 Å². The standard InChI is InChI=1S/C15H24N2O2/c1-13(14-5-3-4-6-15(14)18)17-9-7-16(8-10-17)11-12-19-2/h3-6,13,18H,7-12H2,1-2H3. The summed E-state index contributed by atoms with van der Waals surface area (Å²) in [4.78, 5) is 4.86. The minimum atomic E-state index is 0.269. The highest BCUT2D eigenvalue weighted by atomic mass is 16.5. The topological polar surface area (TPSA) is 35.9 Å². The number of benzene rings is 1. The third-order valence-electron chi connectivity index (χ3n) is 3.95. The molecule has 0 bridgehead atoms. The third-order valence-corrected chi connectivity index (χ3v) is 3.95. The van der Waals surface area contributed by atoms with Crippen molar-refractivity contribution in [2.75, 3.05) is 46.4 Å². The number of rotatable bonds is 5. The lowest BCUT2D eigenvalue weighted by Gasteiger charge is -2.38. The Hall–Kier alpha value is -1.10. The van der Waals surface area contributed by atoms with Crippen LogP contribution in [-0.4, -0.2) is 61.3 Å². The summed E-state index contributed by atoms with van der Waals surface area (Å²) >= 11 is 0. The van der Waals surface area contributed by atoms with Gasteiger partial charge in [0.05, 0.1) is 6.61 Å². The molecular weight excluding hydrogens is 240 g/mol. The van der Waals surface area contributed by atoms with Gasteiger partial charge in [-0.3, -0.25) is 9.80 Å². The Morgan fingerprint density at radius 1 is 1.21 bits per heavy atom. The first kappa shape index (κ1) is 14.3. The van der Waals surface area contributed by atoms with Crippen molar-refractivity contribution in [3.8, 4) is 5.75 Å². The molecule has 0 amide bonds. The van der Waals surface area contributed by atoms with Crippen molar-refractivity contribution in [3.05, 3.63) is 29.8 Å². The van der Waals surface area contributed by atoms with Crippen molar-refractivity contribution in [1.82, 2.24) is 9.80 Å². The number of hydrogen-bond acceptors (Lipinski definition) is 4. The number of phenolic OH excluding ortho intramolecular Hbond substituents is 1. The van der Waals surface area contributed by atoms with Crippen LogP contribution in [0, 0.1) is 0 Å². The molecule has 1 aliphatic heterocycles. The van der Waals surface area contributed by atoms with Crippen LogP contribution in [0.4, 0.5) is 0 Å². The summed E-state index contributed by atoms with van der Waals surface area (Å²) in [5.41, 5.74) is 1.02. The Balaban J connectivity index is 1.89. The minimum Gasteiger partial charge on any atom is -0.508 e. The minimum absolute atomic E-state index is 0.269. The van der Waals surface area contributed by atoms with Gasteiger partial charge in [-0.05, 0) is 13.0 Å². The van der Waals surface area contributed by atoms with Gasteiger partial charge >= 0.3 is 0 Å². The molecule has 0 aromatic heterocycles. The second kappa shape index (κ2) is 6.89. The quantitative estimate of drug-likeness (QED) is 0.878. The lowest BCUT2D eigenvalue weighted by molar-refractivity contribution is 0.0781. The monoisotopic (exact) mass is 264 g/mol. The summed E-state index contributed by atoms with van der Waals surface area (Å²) in [5.74, 6) is 0.400. The van der Waals surface area contributed by atoms with E-state index in [9.17, 15) is 5.11 Å². The van der Waals surface area contributed by atoms with Gasteiger partial charge in [-0.25, -0.2) is 0 Å². The van der Waals surface area contributed by atoms with E-state index in [-0.39, 0.29) is 6.04 Å². The highest BCUT2D eigenvalue weighted by molar-refractivity contribution is 5.34. The summed E-state index contributed by atoms with van der Waals surface area (Å²) in [6.45, 7) is 8.20. The van der Waals surface area contributed by atoms with Gasteiger partial charge in [-0.1, -0.05) is 18.2 Å². The lowest BCUT2D eigenvalue weighted by Crippen LogP contribution is -2.47. The number of nitrogens with zero attached hydrogens (tertiary/aromatic N) is 2. The average molecular weight is 264 g/mol. The predicted molar refractivity (Wildman–Crippen MR) is 76.4 cm³/mol. The lowest BCUT2D eigenvalue weighted by atomic mass is 10.0. The maximum atomic E-state index is 9.93. The largest absolute Gasteiger partial charge is 0.508 e. The molecule has 1 aromatic rings. The van der Waals surface area contributed by atoms with Crippen LogP contribution in [0.1, 0.15) is 18.5 Å². The van der Waals surface area contributed by atoms with Gasteiger partial charge < -0.3 is 9.84 Å². The molecular formula is C15H24N2O2. The van der Waals surface area contributed by atoms with E-state index in [0.29, 0.717) is 5.75 Å². The molecule has 1 N–H and O–H groups in total. The Labute approximate surface area is 115 Å². The van der Waals surface area contributed by atoms with E-state index in [1.54, 1.807) is 13.2 Å². The molecule has 1 saturated heterocycles. The maximum Gasteiger partial charge on any atom is 0.120 e. The molecule has 1 atom stereocenters. The molecule has 1 heterocycles. The zero-order valence-electron chi connectivity index (χ0n) is 11.9. The Morgan fingerprint density at radius 2 is 1.89 bits per heavy atom. The molecule has 0 saturated carbocycles. The fourth-order valence-electron chi connectivity index (χ4n) is 2.63. The summed E-state index contributed by atoms with van der Waals surface area (Å²) in [5, 5.41) is 9.93. The van der Waals surface area contributed by atoms with E-state index in [2.05, 4.69) is 16.7 Å². The van der Waals surface area contributed by atoms with Gasteiger partial charge in [0, 0.05) is 51.4 Å². The fraction of sp³-hybridized carbons (Fsp3) is 0.600. The number of piperazine rings is 1. The Morgan fingerprint density at radius 3 is 2.53 bits per heavy atom. The second-order valence-corrected chi connectivity index (χ2v) is 5.11. The number of ether oxygens (including phenoxy) is 1. The molecule has 1 unspecified atom stereocenters. The van der Waals surface area contributed by atoms with Gasteiger partial charge in [-0.2, -0.15) is 0 Å². The number of methoxy groups -OCH3 is 1. The second-order valence-electron chi connectivity index (χ2n) is 5.11. The summed E-state index contributed by atoms with van der Waals surface area (Å²) in [7, 11) is 1.75. The summed E-state index contributed by atoms with van der Waals surface area (Å²) in [6, 6.07) is 7.90. The Kier molecular flexibility index (Phi) is 5.19. The van der Waals surface area contributed by atoms with E-state index in [4.69, 9.17) is 4.74 Å². The predicted octanol–water partition coefficient (Wildman–Crippen LogP) is 1.72. The smallest absolute Gasteiger partial charge is 0.120 e. The number of phenols is 1. The first-order chi connectivity index (χ1) is 9.22. The molecule has 4 heteroatoms. The molecule has 1 fully saturated rings. The van der Waals surface area contributed by atoms with Crippen molar-refractivity contribution in [3.63, 3.8) is 0 Å². The van der Waals surface area contributed by atoms with Crippen LogP contribution in [0.5, 0.6) is 5.75 Å². The SMILES string of the molecule is COCCN1CCN(C(C)c2ccccc2O)CC1. The van der Waals surface area contributed by atoms with E-state index in [0.717, 1.165) is 44.9 Å². The van der Waals surface area contributed by atoms with Crippen molar-refractivity contribution >= 4 is 0 Å². The van der Waals surface area contributed by atoms with Gasteiger partial charge in [0.25, 0.3) is 0 Å². The number of aromatic hydroxyl groups is 1. The first-order valence-electron chi connectivity index (χ1n) is 6.95. The molecule has 1 aliphatic rings. The third kappa shape index (κ3) is 3.69. The molecule has 0 radical (unpaired) electrons. The molecule has 106 valence electrons. The van der Waals surface area contributed by atoms with Crippen LogP contribution in [0.25, 0.3) is 0 Å². The summed E-state index contributed by atoms with van der Waals surface area (Å²) < 4.78 is 5.12. The molecule has 0 aliphatic carbocycles. The summed E-state index contributed by atoms with van der Waals surface area (Å²) in [6.07, 6.45) is 0. The van der Waals surface area contributed by atoms with Crippen molar-refractivity contribution < 1.29 is 9.84 Å². The molecule has 1 aromatic carbocycles. The van der Waals surface area contributed by atoms with Crippen LogP contribution >= 0.6 is 0 Å².